The largest absolute Gasteiger partial charge is 0.309 e. The van der Waals surface area contributed by atoms with Crippen LogP contribution in [0.3, 0.4) is 0 Å². The molecule has 0 spiro atoms. The molecule has 0 unspecified atom stereocenters. The molecule has 2 heterocycles. The van der Waals surface area contributed by atoms with Gasteiger partial charge in [-0.15, -0.1) is 0 Å². The van der Waals surface area contributed by atoms with Gasteiger partial charge >= 0.3 is 0 Å². The Morgan fingerprint density at radius 2 is 0.638 bits per heavy atom. The van der Waals surface area contributed by atoms with Gasteiger partial charge in [-0.2, -0.15) is 0 Å². The van der Waals surface area contributed by atoms with Crippen molar-refractivity contribution in [2.45, 2.75) is 0 Å². The molecular weight excluding hydrogens is 701 g/mol. The first kappa shape index (κ1) is 32.6. The summed E-state index contributed by atoms with van der Waals surface area (Å²) in [5, 5.41) is 10.1. The van der Waals surface area contributed by atoms with E-state index in [4.69, 9.17) is 0 Å². The Bertz CT molecular complexity index is 3440. The van der Waals surface area contributed by atoms with Gasteiger partial charge in [-0.3, -0.25) is 0 Å². The van der Waals surface area contributed by atoms with E-state index >= 15 is 0 Å². The maximum atomic E-state index is 2.43. The van der Waals surface area contributed by atoms with Gasteiger partial charge in [0.2, 0.25) is 0 Å². The van der Waals surface area contributed by atoms with Crippen LogP contribution in [0, 0.1) is 0 Å². The molecule has 0 amide bonds. The van der Waals surface area contributed by atoms with Crippen LogP contribution in [0.1, 0.15) is 0 Å². The number of hydrogen-bond donors (Lipinski definition) is 0. The second-order valence-electron chi connectivity index (χ2n) is 15.2. The van der Waals surface area contributed by atoms with Gasteiger partial charge in [0.1, 0.15) is 0 Å². The minimum absolute atomic E-state index is 1.14. The molecule has 2 heteroatoms. The summed E-state index contributed by atoms with van der Waals surface area (Å²) in [4.78, 5) is 0. The highest BCUT2D eigenvalue weighted by atomic mass is 15.0. The predicted octanol–water partition coefficient (Wildman–Crippen LogP) is 15.2. The Labute approximate surface area is 336 Å². The molecule has 2 nitrogen and oxygen atoms in total. The van der Waals surface area contributed by atoms with E-state index in [1.54, 1.807) is 0 Å². The highest BCUT2D eigenvalue weighted by molar-refractivity contribution is 6.21. The third-order valence-corrected chi connectivity index (χ3v) is 12.1. The molecule has 0 aliphatic rings. The van der Waals surface area contributed by atoms with E-state index in [2.05, 4.69) is 228 Å². The fraction of sp³-hybridized carbons (Fsp3) is 0. The highest BCUT2D eigenvalue weighted by Gasteiger charge is 2.19. The van der Waals surface area contributed by atoms with Gasteiger partial charge < -0.3 is 9.13 Å². The van der Waals surface area contributed by atoms with Gasteiger partial charge in [-0.25, -0.2) is 0 Å². The zero-order valence-corrected chi connectivity index (χ0v) is 31.7. The number of rotatable bonds is 5. The third-order valence-electron chi connectivity index (χ3n) is 12.1. The van der Waals surface area contributed by atoms with Crippen molar-refractivity contribution in [2.24, 2.45) is 0 Å². The van der Waals surface area contributed by atoms with Crippen molar-refractivity contribution in [3.63, 3.8) is 0 Å². The smallest absolute Gasteiger partial charge is 0.0541 e. The SMILES string of the molecule is c1ccc(-c2c3ccccc3c(-c3ccc(-n4c5ccccc5c5cc(-c6ccccc6-n6c7ccccc7c7ccccc76)ccc54)cc3)c3ccccc23)cc1. The van der Waals surface area contributed by atoms with Gasteiger partial charge in [-0.05, 0) is 97.9 Å². The van der Waals surface area contributed by atoms with Crippen molar-refractivity contribution in [1.82, 2.24) is 9.13 Å². The Hall–Kier alpha value is -7.68. The van der Waals surface area contributed by atoms with Crippen LogP contribution in [0.15, 0.2) is 218 Å². The predicted molar refractivity (Wildman–Crippen MR) is 246 cm³/mol. The number of nitrogens with zero attached hydrogens (tertiary/aromatic N) is 2. The fourth-order valence-corrected chi connectivity index (χ4v) is 9.65. The van der Waals surface area contributed by atoms with Gasteiger partial charge in [0.15, 0.2) is 0 Å². The van der Waals surface area contributed by atoms with Crippen molar-refractivity contribution in [2.75, 3.05) is 0 Å². The minimum Gasteiger partial charge on any atom is -0.309 e. The van der Waals surface area contributed by atoms with E-state index < -0.39 is 0 Å². The molecular formula is C56H36N2. The third kappa shape index (κ3) is 4.85. The van der Waals surface area contributed by atoms with E-state index in [0.29, 0.717) is 0 Å². The quantitative estimate of drug-likeness (QED) is 0.156. The van der Waals surface area contributed by atoms with Crippen LogP contribution >= 0.6 is 0 Å². The second-order valence-corrected chi connectivity index (χ2v) is 15.2. The molecule has 0 N–H and O–H groups in total. The number of aromatic nitrogens is 2. The number of fused-ring (bicyclic) bond motifs is 8. The fourth-order valence-electron chi connectivity index (χ4n) is 9.65. The topological polar surface area (TPSA) is 9.86 Å². The molecule has 0 radical (unpaired) electrons. The molecule has 12 rings (SSSR count). The highest BCUT2D eigenvalue weighted by Crippen LogP contribution is 2.44. The number of benzene rings is 10. The molecule has 0 aliphatic heterocycles. The number of para-hydroxylation sites is 4. The monoisotopic (exact) mass is 736 g/mol. The molecule has 0 aliphatic carbocycles. The maximum Gasteiger partial charge on any atom is 0.0541 e. The van der Waals surface area contributed by atoms with Crippen LogP contribution in [0.2, 0.25) is 0 Å². The lowest BCUT2D eigenvalue weighted by atomic mass is 9.86. The average molecular weight is 737 g/mol. The maximum absolute atomic E-state index is 2.43. The summed E-state index contributed by atoms with van der Waals surface area (Å²) in [6, 6.07) is 79.9. The van der Waals surface area contributed by atoms with Crippen molar-refractivity contribution < 1.29 is 0 Å². The molecule has 2 aromatic heterocycles. The van der Waals surface area contributed by atoms with Crippen LogP contribution in [0.4, 0.5) is 0 Å². The lowest BCUT2D eigenvalue weighted by molar-refractivity contribution is 1.18. The van der Waals surface area contributed by atoms with E-state index in [0.717, 1.165) is 5.69 Å². The van der Waals surface area contributed by atoms with Crippen LogP contribution in [-0.2, 0) is 0 Å². The first-order valence-corrected chi connectivity index (χ1v) is 20.0. The molecule has 0 atom stereocenters. The molecule has 0 saturated carbocycles. The lowest BCUT2D eigenvalue weighted by Gasteiger charge is -2.18. The van der Waals surface area contributed by atoms with E-state index in [1.807, 2.05) is 0 Å². The second kappa shape index (κ2) is 12.9. The molecule has 270 valence electrons. The summed E-state index contributed by atoms with van der Waals surface area (Å²) in [5.41, 5.74) is 14.5. The summed E-state index contributed by atoms with van der Waals surface area (Å²) in [6.45, 7) is 0. The first-order valence-electron chi connectivity index (χ1n) is 20.0. The standard InChI is InChI=1S/C56H36N2/c1-2-16-37(17-3-1)55-45-22-4-6-24-47(45)56(48-25-7-5-23-46(48)55)38-30-33-40(34-31-38)57-51-27-13-11-21-44(51)49-36-39(32-35-54(49)57)41-18-8-12-26-50(41)58-52-28-14-9-19-42(52)43-20-10-15-29-53(43)58/h1-36H. The Kier molecular flexibility index (Phi) is 7.26. The van der Waals surface area contributed by atoms with Crippen molar-refractivity contribution in [3.8, 4) is 44.8 Å². The summed E-state index contributed by atoms with van der Waals surface area (Å²) < 4.78 is 4.85. The number of hydrogen-bond acceptors (Lipinski definition) is 0. The normalized spacial score (nSPS) is 11.8. The summed E-state index contributed by atoms with van der Waals surface area (Å²) in [5.74, 6) is 0. The summed E-state index contributed by atoms with van der Waals surface area (Å²) in [6.07, 6.45) is 0. The van der Waals surface area contributed by atoms with Crippen molar-refractivity contribution in [3.05, 3.63) is 218 Å². The molecule has 58 heavy (non-hydrogen) atoms. The summed E-state index contributed by atoms with van der Waals surface area (Å²) >= 11 is 0. The van der Waals surface area contributed by atoms with Crippen LogP contribution in [0.25, 0.3) is 110 Å². The van der Waals surface area contributed by atoms with Gasteiger partial charge in [0, 0.05) is 32.8 Å². The molecule has 12 aromatic rings. The zero-order chi connectivity index (χ0) is 38.2. The van der Waals surface area contributed by atoms with Gasteiger partial charge in [-0.1, -0.05) is 170 Å². The van der Waals surface area contributed by atoms with Gasteiger partial charge in [0.25, 0.3) is 0 Å². The van der Waals surface area contributed by atoms with E-state index in [1.165, 1.54) is 104 Å². The van der Waals surface area contributed by atoms with Crippen LogP contribution in [0.5, 0.6) is 0 Å². The van der Waals surface area contributed by atoms with Crippen LogP contribution < -0.4 is 0 Å². The molecule has 10 aromatic carbocycles. The Balaban J connectivity index is 1.01. The summed E-state index contributed by atoms with van der Waals surface area (Å²) in [7, 11) is 0. The molecule has 0 bridgehead atoms. The Morgan fingerprint density at radius 1 is 0.241 bits per heavy atom. The average Bonchev–Trinajstić information content (AvgIpc) is 3.81. The molecule has 0 fully saturated rings. The van der Waals surface area contributed by atoms with Crippen molar-refractivity contribution in [1.29, 1.82) is 0 Å². The minimum atomic E-state index is 1.14. The van der Waals surface area contributed by atoms with Gasteiger partial charge in [0.05, 0.1) is 27.8 Å². The van der Waals surface area contributed by atoms with E-state index in [9.17, 15) is 0 Å². The Morgan fingerprint density at radius 3 is 1.21 bits per heavy atom. The van der Waals surface area contributed by atoms with E-state index in [-0.39, 0.29) is 0 Å². The van der Waals surface area contributed by atoms with Crippen LogP contribution in [-0.4, -0.2) is 9.13 Å². The molecule has 0 saturated heterocycles. The van der Waals surface area contributed by atoms with Crippen molar-refractivity contribution >= 4 is 65.2 Å². The zero-order valence-electron chi connectivity index (χ0n) is 31.7. The first-order chi connectivity index (χ1) is 28.8. The lowest BCUT2D eigenvalue weighted by Crippen LogP contribution is -1.97.